The Balaban J connectivity index is 1.60. The minimum Gasteiger partial charge on any atom is -0.357 e. The molecule has 4 heteroatoms. The van der Waals surface area contributed by atoms with Crippen molar-refractivity contribution in [2.24, 2.45) is 11.7 Å². The predicted octanol–water partition coefficient (Wildman–Crippen LogP) is 1.46. The van der Waals surface area contributed by atoms with Crippen LogP contribution in [0.2, 0.25) is 0 Å². The molecule has 2 saturated heterocycles. The lowest BCUT2D eigenvalue weighted by Crippen LogP contribution is -2.28. The number of aromatic nitrogens is 1. The van der Waals surface area contributed by atoms with Crippen molar-refractivity contribution in [2.75, 3.05) is 31.1 Å². The summed E-state index contributed by atoms with van der Waals surface area (Å²) < 4.78 is 0. The summed E-state index contributed by atoms with van der Waals surface area (Å²) in [5, 5.41) is 0. The standard InChI is InChI=1S/C15H24N4/c1-12-9-18(11-14(12)16)10-13-4-5-15(17-8-13)19-6-2-3-7-19/h4-5,8,12,14H,2-3,6-7,9-11,16H2,1H3. The SMILES string of the molecule is CC1CN(Cc2ccc(N3CCCC3)nc2)CC1N. The minimum absolute atomic E-state index is 0.330. The van der Waals surface area contributed by atoms with Gasteiger partial charge in [0, 0.05) is 45.0 Å². The van der Waals surface area contributed by atoms with Crippen LogP contribution >= 0.6 is 0 Å². The van der Waals surface area contributed by atoms with Gasteiger partial charge in [0.1, 0.15) is 5.82 Å². The molecule has 2 fully saturated rings. The van der Waals surface area contributed by atoms with Crippen LogP contribution in [0.5, 0.6) is 0 Å². The first-order valence-electron chi connectivity index (χ1n) is 7.40. The summed E-state index contributed by atoms with van der Waals surface area (Å²) in [4.78, 5) is 9.41. The van der Waals surface area contributed by atoms with Crippen molar-refractivity contribution >= 4 is 5.82 Å². The first-order chi connectivity index (χ1) is 9.22. The van der Waals surface area contributed by atoms with Crippen molar-refractivity contribution in [1.82, 2.24) is 9.88 Å². The lowest BCUT2D eigenvalue weighted by Gasteiger charge is -2.18. The van der Waals surface area contributed by atoms with Gasteiger partial charge in [-0.1, -0.05) is 13.0 Å². The van der Waals surface area contributed by atoms with Crippen molar-refractivity contribution in [3.8, 4) is 0 Å². The molecule has 2 atom stereocenters. The zero-order chi connectivity index (χ0) is 13.2. The smallest absolute Gasteiger partial charge is 0.128 e. The van der Waals surface area contributed by atoms with Gasteiger partial charge in [0.15, 0.2) is 0 Å². The van der Waals surface area contributed by atoms with E-state index in [4.69, 9.17) is 5.73 Å². The van der Waals surface area contributed by atoms with Crippen LogP contribution in [0.4, 0.5) is 5.82 Å². The molecule has 0 bridgehead atoms. The number of pyridine rings is 1. The Morgan fingerprint density at radius 2 is 2.05 bits per heavy atom. The van der Waals surface area contributed by atoms with E-state index in [1.807, 2.05) is 6.20 Å². The van der Waals surface area contributed by atoms with Gasteiger partial charge in [0.25, 0.3) is 0 Å². The maximum atomic E-state index is 6.07. The number of nitrogens with two attached hydrogens (primary N) is 1. The fraction of sp³-hybridized carbons (Fsp3) is 0.667. The number of hydrogen-bond acceptors (Lipinski definition) is 4. The highest BCUT2D eigenvalue weighted by Gasteiger charge is 2.26. The van der Waals surface area contributed by atoms with Crippen LogP contribution in [0.1, 0.15) is 25.3 Å². The van der Waals surface area contributed by atoms with Gasteiger partial charge in [-0.3, -0.25) is 4.90 Å². The van der Waals surface area contributed by atoms with Crippen molar-refractivity contribution in [3.05, 3.63) is 23.9 Å². The first kappa shape index (κ1) is 12.9. The van der Waals surface area contributed by atoms with Gasteiger partial charge < -0.3 is 10.6 Å². The van der Waals surface area contributed by atoms with Crippen molar-refractivity contribution in [2.45, 2.75) is 32.4 Å². The summed E-state index contributed by atoms with van der Waals surface area (Å²) in [6.45, 7) is 7.64. The van der Waals surface area contributed by atoms with Crippen LogP contribution in [0.3, 0.4) is 0 Å². The van der Waals surface area contributed by atoms with E-state index < -0.39 is 0 Å². The second-order valence-corrected chi connectivity index (χ2v) is 6.05. The number of hydrogen-bond donors (Lipinski definition) is 1. The van der Waals surface area contributed by atoms with E-state index in [1.165, 1.54) is 18.4 Å². The largest absolute Gasteiger partial charge is 0.357 e. The number of nitrogens with zero attached hydrogens (tertiary/aromatic N) is 3. The zero-order valence-electron chi connectivity index (χ0n) is 11.8. The third kappa shape index (κ3) is 2.90. The highest BCUT2D eigenvalue weighted by atomic mass is 15.2. The Hall–Kier alpha value is -1.13. The second kappa shape index (κ2) is 5.47. The molecular weight excluding hydrogens is 236 g/mol. The van der Waals surface area contributed by atoms with Crippen molar-refractivity contribution in [1.29, 1.82) is 0 Å². The summed E-state index contributed by atoms with van der Waals surface area (Å²) in [6.07, 6.45) is 4.63. The summed E-state index contributed by atoms with van der Waals surface area (Å²) in [5.74, 6) is 1.74. The van der Waals surface area contributed by atoms with Crippen molar-refractivity contribution in [3.63, 3.8) is 0 Å². The lowest BCUT2D eigenvalue weighted by molar-refractivity contribution is 0.318. The van der Waals surface area contributed by atoms with E-state index in [2.05, 4.69) is 33.8 Å². The normalized spacial score (nSPS) is 28.2. The second-order valence-electron chi connectivity index (χ2n) is 6.05. The quantitative estimate of drug-likeness (QED) is 0.894. The van der Waals surface area contributed by atoms with Crippen LogP contribution in [-0.4, -0.2) is 42.1 Å². The Bertz CT molecular complexity index is 401. The number of rotatable bonds is 3. The van der Waals surface area contributed by atoms with Crippen LogP contribution in [0, 0.1) is 5.92 Å². The highest BCUT2D eigenvalue weighted by Crippen LogP contribution is 2.20. The van der Waals surface area contributed by atoms with E-state index in [0.29, 0.717) is 12.0 Å². The maximum Gasteiger partial charge on any atom is 0.128 e. The summed E-state index contributed by atoms with van der Waals surface area (Å²) in [7, 11) is 0. The molecule has 0 spiro atoms. The van der Waals surface area contributed by atoms with Crippen LogP contribution in [0.15, 0.2) is 18.3 Å². The van der Waals surface area contributed by atoms with E-state index in [-0.39, 0.29) is 0 Å². The molecule has 0 amide bonds. The fourth-order valence-electron chi connectivity index (χ4n) is 3.13. The van der Waals surface area contributed by atoms with Gasteiger partial charge in [-0.05, 0) is 30.4 Å². The molecule has 3 rings (SSSR count). The lowest BCUT2D eigenvalue weighted by atomic mass is 10.1. The predicted molar refractivity (Wildman–Crippen MR) is 78.1 cm³/mol. The summed E-state index contributed by atoms with van der Waals surface area (Å²) in [6, 6.07) is 4.71. The molecule has 19 heavy (non-hydrogen) atoms. The van der Waals surface area contributed by atoms with Crippen LogP contribution < -0.4 is 10.6 Å². The minimum atomic E-state index is 0.330. The first-order valence-corrected chi connectivity index (χ1v) is 7.40. The van der Waals surface area contributed by atoms with Crippen LogP contribution in [0.25, 0.3) is 0 Å². The molecule has 2 aliphatic heterocycles. The molecule has 1 aromatic heterocycles. The van der Waals surface area contributed by atoms with Gasteiger partial charge in [0.05, 0.1) is 0 Å². The Morgan fingerprint density at radius 1 is 1.26 bits per heavy atom. The molecule has 104 valence electrons. The van der Waals surface area contributed by atoms with Gasteiger partial charge >= 0.3 is 0 Å². The van der Waals surface area contributed by atoms with Crippen LogP contribution in [-0.2, 0) is 6.54 Å². The number of likely N-dealkylation sites (tertiary alicyclic amines) is 1. The Morgan fingerprint density at radius 3 is 2.63 bits per heavy atom. The third-order valence-electron chi connectivity index (χ3n) is 4.39. The molecule has 2 unspecified atom stereocenters. The highest BCUT2D eigenvalue weighted by molar-refractivity contribution is 5.40. The fourth-order valence-corrected chi connectivity index (χ4v) is 3.13. The van der Waals surface area contributed by atoms with E-state index in [0.717, 1.165) is 38.5 Å². The molecule has 0 saturated carbocycles. The average molecular weight is 260 g/mol. The third-order valence-corrected chi connectivity index (χ3v) is 4.39. The molecular formula is C15H24N4. The van der Waals surface area contributed by atoms with Gasteiger partial charge in [-0.2, -0.15) is 0 Å². The van der Waals surface area contributed by atoms with Gasteiger partial charge in [-0.15, -0.1) is 0 Å². The molecule has 2 N–H and O–H groups in total. The Kier molecular flexibility index (Phi) is 3.71. The average Bonchev–Trinajstić information content (AvgIpc) is 3.02. The molecule has 3 heterocycles. The van der Waals surface area contributed by atoms with Crippen molar-refractivity contribution < 1.29 is 0 Å². The zero-order valence-corrected chi connectivity index (χ0v) is 11.8. The molecule has 0 aliphatic carbocycles. The van der Waals surface area contributed by atoms with E-state index in [9.17, 15) is 0 Å². The van der Waals surface area contributed by atoms with E-state index in [1.54, 1.807) is 0 Å². The monoisotopic (exact) mass is 260 g/mol. The topological polar surface area (TPSA) is 45.4 Å². The molecule has 2 aliphatic rings. The number of anilines is 1. The van der Waals surface area contributed by atoms with E-state index >= 15 is 0 Å². The maximum absolute atomic E-state index is 6.07. The molecule has 0 radical (unpaired) electrons. The molecule has 4 nitrogen and oxygen atoms in total. The van der Waals surface area contributed by atoms with Gasteiger partial charge in [0.2, 0.25) is 0 Å². The molecule has 0 aromatic carbocycles. The molecule has 1 aromatic rings. The van der Waals surface area contributed by atoms with Gasteiger partial charge in [-0.25, -0.2) is 4.98 Å². The summed E-state index contributed by atoms with van der Waals surface area (Å²) in [5.41, 5.74) is 7.36. The summed E-state index contributed by atoms with van der Waals surface area (Å²) >= 11 is 0. The Labute approximate surface area is 115 Å².